The van der Waals surface area contributed by atoms with Gasteiger partial charge in [0.1, 0.15) is 0 Å². The zero-order valence-electron chi connectivity index (χ0n) is 9.87. The fourth-order valence-electron chi connectivity index (χ4n) is 3.16. The molecule has 0 bridgehead atoms. The van der Waals surface area contributed by atoms with Gasteiger partial charge in [0.25, 0.3) is 0 Å². The van der Waals surface area contributed by atoms with Gasteiger partial charge in [0.2, 0.25) is 5.91 Å². The lowest BCUT2D eigenvalue weighted by molar-refractivity contribution is -0.118. The van der Waals surface area contributed by atoms with Crippen molar-refractivity contribution in [1.82, 2.24) is 0 Å². The molecule has 2 unspecified atom stereocenters. The molecule has 2 fully saturated rings. The van der Waals surface area contributed by atoms with Gasteiger partial charge in [-0.05, 0) is 65.2 Å². The molecule has 1 aromatic rings. The van der Waals surface area contributed by atoms with E-state index in [9.17, 15) is 4.79 Å². The first-order valence-corrected chi connectivity index (χ1v) is 7.03. The molecule has 1 N–H and O–H groups in total. The van der Waals surface area contributed by atoms with Gasteiger partial charge >= 0.3 is 0 Å². The van der Waals surface area contributed by atoms with Gasteiger partial charge in [-0.15, -0.1) is 0 Å². The summed E-state index contributed by atoms with van der Waals surface area (Å²) in [5.41, 5.74) is 2.07. The molecule has 0 aliphatic heterocycles. The van der Waals surface area contributed by atoms with Crippen LogP contribution in [-0.4, -0.2) is 5.91 Å². The Balaban J connectivity index is 1.71. The lowest BCUT2D eigenvalue weighted by Crippen LogP contribution is -2.16. The number of halogens is 1. The minimum absolute atomic E-state index is 0.214. The van der Waals surface area contributed by atoms with E-state index in [4.69, 9.17) is 0 Å². The van der Waals surface area contributed by atoms with E-state index in [1.54, 1.807) is 0 Å². The van der Waals surface area contributed by atoms with E-state index in [0.717, 1.165) is 10.2 Å². The van der Waals surface area contributed by atoms with Crippen LogP contribution in [-0.2, 0) is 4.79 Å². The molecule has 0 aromatic heterocycles. The smallest absolute Gasteiger partial charge is 0.228 e. The first kappa shape index (κ1) is 11.3. The largest absolute Gasteiger partial charge is 0.325 e. The van der Waals surface area contributed by atoms with Gasteiger partial charge in [-0.25, -0.2) is 0 Å². The SMILES string of the molecule is Cc1ccc(Br)c(NC(=O)C2C3CCCC32)c1. The van der Waals surface area contributed by atoms with Crippen molar-refractivity contribution in [2.75, 3.05) is 5.32 Å². The van der Waals surface area contributed by atoms with Crippen molar-refractivity contribution in [3.63, 3.8) is 0 Å². The maximum atomic E-state index is 12.1. The van der Waals surface area contributed by atoms with Crippen LogP contribution in [0.25, 0.3) is 0 Å². The number of nitrogens with one attached hydrogen (secondary N) is 1. The van der Waals surface area contributed by atoms with Crippen LogP contribution in [0.1, 0.15) is 24.8 Å². The fourth-order valence-corrected chi connectivity index (χ4v) is 3.51. The quantitative estimate of drug-likeness (QED) is 0.884. The standard InChI is InChI=1S/C14H16BrNO/c1-8-5-6-11(15)12(7-8)16-14(17)13-9-3-2-4-10(9)13/h5-7,9-10,13H,2-4H2,1H3,(H,16,17). The third kappa shape index (κ3) is 2.01. The summed E-state index contributed by atoms with van der Waals surface area (Å²) in [7, 11) is 0. The molecular weight excluding hydrogens is 278 g/mol. The molecule has 2 aliphatic carbocycles. The summed E-state index contributed by atoms with van der Waals surface area (Å²) in [4.78, 5) is 12.1. The Hall–Kier alpha value is -0.830. The van der Waals surface area contributed by atoms with Crippen LogP contribution in [0, 0.1) is 24.7 Å². The molecule has 2 atom stereocenters. The van der Waals surface area contributed by atoms with E-state index >= 15 is 0 Å². The number of rotatable bonds is 2. The number of fused-ring (bicyclic) bond motifs is 1. The molecule has 3 heteroatoms. The summed E-state index contributed by atoms with van der Waals surface area (Å²) in [6.45, 7) is 2.04. The Morgan fingerprint density at radius 3 is 2.76 bits per heavy atom. The number of aryl methyl sites for hydroxylation is 1. The number of carbonyl (C=O) groups is 1. The second kappa shape index (κ2) is 4.13. The van der Waals surface area contributed by atoms with Crippen molar-refractivity contribution in [3.05, 3.63) is 28.2 Å². The third-order valence-electron chi connectivity index (χ3n) is 4.09. The Morgan fingerprint density at radius 1 is 1.35 bits per heavy atom. The number of carbonyl (C=O) groups excluding carboxylic acids is 1. The number of amides is 1. The highest BCUT2D eigenvalue weighted by molar-refractivity contribution is 9.10. The Morgan fingerprint density at radius 2 is 2.06 bits per heavy atom. The maximum Gasteiger partial charge on any atom is 0.228 e. The summed E-state index contributed by atoms with van der Waals surface area (Å²) in [6.07, 6.45) is 3.81. The number of hydrogen-bond acceptors (Lipinski definition) is 1. The lowest BCUT2D eigenvalue weighted by atomic mass is 10.1. The predicted octanol–water partition coefficient (Wildman–Crippen LogP) is 3.74. The molecule has 3 rings (SSSR count). The van der Waals surface area contributed by atoms with Crippen LogP contribution in [0.4, 0.5) is 5.69 Å². The van der Waals surface area contributed by atoms with Crippen molar-refractivity contribution in [3.8, 4) is 0 Å². The summed E-state index contributed by atoms with van der Waals surface area (Å²) in [5, 5.41) is 3.06. The molecule has 2 aliphatic rings. The minimum atomic E-state index is 0.214. The Bertz CT molecular complexity index is 461. The zero-order valence-corrected chi connectivity index (χ0v) is 11.5. The highest BCUT2D eigenvalue weighted by atomic mass is 79.9. The van der Waals surface area contributed by atoms with E-state index in [0.29, 0.717) is 11.8 Å². The number of anilines is 1. The molecule has 0 saturated heterocycles. The Labute approximate surface area is 110 Å². The van der Waals surface area contributed by atoms with Gasteiger partial charge in [0, 0.05) is 10.4 Å². The highest BCUT2D eigenvalue weighted by Gasteiger charge is 2.56. The summed E-state index contributed by atoms with van der Waals surface area (Å²) in [6, 6.07) is 6.03. The lowest BCUT2D eigenvalue weighted by Gasteiger charge is -2.09. The molecule has 0 heterocycles. The average molecular weight is 294 g/mol. The van der Waals surface area contributed by atoms with Gasteiger partial charge in [0.05, 0.1) is 5.69 Å². The Kier molecular flexibility index (Phi) is 2.74. The summed E-state index contributed by atoms with van der Waals surface area (Å²) >= 11 is 3.48. The van der Waals surface area contributed by atoms with Crippen molar-refractivity contribution in [1.29, 1.82) is 0 Å². The fraction of sp³-hybridized carbons (Fsp3) is 0.500. The van der Waals surface area contributed by atoms with Crippen molar-refractivity contribution < 1.29 is 4.79 Å². The number of benzene rings is 1. The van der Waals surface area contributed by atoms with Crippen molar-refractivity contribution in [2.24, 2.45) is 17.8 Å². The normalized spacial score (nSPS) is 29.9. The monoisotopic (exact) mass is 293 g/mol. The van der Waals surface area contributed by atoms with Crippen LogP contribution in [0.3, 0.4) is 0 Å². The zero-order chi connectivity index (χ0) is 12.0. The second-order valence-corrected chi connectivity index (χ2v) is 6.11. The van der Waals surface area contributed by atoms with Crippen LogP contribution in [0.5, 0.6) is 0 Å². The highest BCUT2D eigenvalue weighted by Crippen LogP contribution is 2.57. The van der Waals surface area contributed by atoms with E-state index in [1.807, 2.05) is 25.1 Å². The minimum Gasteiger partial charge on any atom is -0.325 e. The molecule has 2 saturated carbocycles. The summed E-state index contributed by atoms with van der Waals surface area (Å²) < 4.78 is 0.960. The molecule has 0 spiro atoms. The maximum absolute atomic E-state index is 12.1. The summed E-state index contributed by atoms with van der Waals surface area (Å²) in [5.74, 6) is 1.86. The molecule has 17 heavy (non-hydrogen) atoms. The molecule has 2 nitrogen and oxygen atoms in total. The van der Waals surface area contributed by atoms with Gasteiger partial charge in [-0.2, -0.15) is 0 Å². The molecular formula is C14H16BrNO. The topological polar surface area (TPSA) is 29.1 Å². The van der Waals surface area contributed by atoms with Gasteiger partial charge < -0.3 is 5.32 Å². The van der Waals surface area contributed by atoms with Crippen LogP contribution in [0.2, 0.25) is 0 Å². The van der Waals surface area contributed by atoms with Crippen molar-refractivity contribution >= 4 is 27.5 Å². The van der Waals surface area contributed by atoms with Crippen molar-refractivity contribution in [2.45, 2.75) is 26.2 Å². The second-order valence-electron chi connectivity index (χ2n) is 5.26. The van der Waals surface area contributed by atoms with E-state index in [1.165, 1.54) is 24.8 Å². The van der Waals surface area contributed by atoms with Crippen LogP contribution >= 0.6 is 15.9 Å². The van der Waals surface area contributed by atoms with Crippen LogP contribution < -0.4 is 5.32 Å². The molecule has 0 radical (unpaired) electrons. The van der Waals surface area contributed by atoms with E-state index in [2.05, 4.69) is 21.2 Å². The van der Waals surface area contributed by atoms with E-state index < -0.39 is 0 Å². The molecule has 90 valence electrons. The first-order valence-electron chi connectivity index (χ1n) is 6.24. The molecule has 1 aromatic carbocycles. The first-order chi connectivity index (χ1) is 8.16. The average Bonchev–Trinajstić information content (AvgIpc) is 2.78. The van der Waals surface area contributed by atoms with Gasteiger partial charge in [-0.3, -0.25) is 4.79 Å². The molecule has 1 amide bonds. The van der Waals surface area contributed by atoms with Gasteiger partial charge in [-0.1, -0.05) is 12.5 Å². The number of hydrogen-bond donors (Lipinski definition) is 1. The third-order valence-corrected chi connectivity index (χ3v) is 4.78. The predicted molar refractivity (Wildman–Crippen MR) is 71.8 cm³/mol. The van der Waals surface area contributed by atoms with Crippen LogP contribution in [0.15, 0.2) is 22.7 Å². The van der Waals surface area contributed by atoms with E-state index in [-0.39, 0.29) is 11.8 Å². The van der Waals surface area contributed by atoms with Gasteiger partial charge in [0.15, 0.2) is 0 Å².